The Labute approximate surface area is 99.8 Å². The van der Waals surface area contributed by atoms with Crippen molar-refractivity contribution in [3.8, 4) is 0 Å². The third-order valence-electron chi connectivity index (χ3n) is 2.40. The summed E-state index contributed by atoms with van der Waals surface area (Å²) in [4.78, 5) is 0. The number of ether oxygens (including phenoxy) is 1. The molecule has 0 aliphatic rings. The first-order chi connectivity index (χ1) is 8.24. The summed E-state index contributed by atoms with van der Waals surface area (Å²) >= 11 is 0. The molecule has 0 amide bonds. The lowest BCUT2D eigenvalue weighted by Crippen LogP contribution is -1.95. The van der Waals surface area contributed by atoms with Crippen LogP contribution in [0.5, 0.6) is 0 Å². The van der Waals surface area contributed by atoms with Gasteiger partial charge < -0.3 is 10.5 Å². The van der Waals surface area contributed by atoms with Gasteiger partial charge in [0.15, 0.2) is 0 Å². The number of hydrogen-bond acceptors (Lipinski definition) is 2. The largest absolute Gasteiger partial charge is 0.399 e. The Bertz CT molecular complexity index is 482. The summed E-state index contributed by atoms with van der Waals surface area (Å²) in [5.74, 6) is -0.232. The molecular weight excluding hydrogens is 217 g/mol. The van der Waals surface area contributed by atoms with Gasteiger partial charge >= 0.3 is 0 Å². The predicted molar refractivity (Wildman–Crippen MR) is 65.7 cm³/mol. The Hall–Kier alpha value is -1.87. The number of hydrogen-bond donors (Lipinski definition) is 1. The van der Waals surface area contributed by atoms with Crippen molar-refractivity contribution in [1.82, 2.24) is 0 Å². The Morgan fingerprint density at radius 2 is 1.65 bits per heavy atom. The Morgan fingerprint density at radius 1 is 0.941 bits per heavy atom. The van der Waals surface area contributed by atoms with Crippen molar-refractivity contribution in [3.05, 3.63) is 65.5 Å². The van der Waals surface area contributed by atoms with Crippen LogP contribution >= 0.6 is 0 Å². The quantitative estimate of drug-likeness (QED) is 0.820. The van der Waals surface area contributed by atoms with E-state index in [2.05, 4.69) is 0 Å². The highest BCUT2D eigenvalue weighted by Gasteiger charge is 1.96. The molecule has 0 aromatic heterocycles. The SMILES string of the molecule is Nc1cccc(COCc2ccc(F)cc2)c1. The monoisotopic (exact) mass is 231 g/mol. The maximum absolute atomic E-state index is 12.7. The van der Waals surface area contributed by atoms with E-state index in [0.29, 0.717) is 13.2 Å². The molecular formula is C14H14FNO. The molecule has 0 aliphatic carbocycles. The number of anilines is 1. The van der Waals surface area contributed by atoms with E-state index in [9.17, 15) is 4.39 Å². The normalized spacial score (nSPS) is 10.4. The molecule has 0 unspecified atom stereocenters. The lowest BCUT2D eigenvalue weighted by Gasteiger charge is -2.05. The van der Waals surface area contributed by atoms with Gasteiger partial charge in [-0.15, -0.1) is 0 Å². The average Bonchev–Trinajstić information content (AvgIpc) is 2.32. The van der Waals surface area contributed by atoms with Crippen molar-refractivity contribution < 1.29 is 9.13 Å². The van der Waals surface area contributed by atoms with Gasteiger partial charge in [-0.3, -0.25) is 0 Å². The zero-order chi connectivity index (χ0) is 12.1. The minimum atomic E-state index is -0.232. The summed E-state index contributed by atoms with van der Waals surface area (Å²) in [5.41, 5.74) is 8.38. The number of benzene rings is 2. The summed E-state index contributed by atoms with van der Waals surface area (Å²) < 4.78 is 18.2. The van der Waals surface area contributed by atoms with Crippen molar-refractivity contribution >= 4 is 5.69 Å². The van der Waals surface area contributed by atoms with Gasteiger partial charge in [0.05, 0.1) is 13.2 Å². The van der Waals surface area contributed by atoms with Crippen LogP contribution in [-0.4, -0.2) is 0 Å². The first-order valence-electron chi connectivity index (χ1n) is 5.40. The summed E-state index contributed by atoms with van der Waals surface area (Å²) in [6.45, 7) is 0.970. The molecule has 2 nitrogen and oxygen atoms in total. The van der Waals surface area contributed by atoms with E-state index in [1.807, 2.05) is 24.3 Å². The Balaban J connectivity index is 1.85. The minimum absolute atomic E-state index is 0.232. The smallest absolute Gasteiger partial charge is 0.123 e. The van der Waals surface area contributed by atoms with Gasteiger partial charge in [-0.2, -0.15) is 0 Å². The third kappa shape index (κ3) is 3.57. The lowest BCUT2D eigenvalue weighted by atomic mass is 10.2. The zero-order valence-corrected chi connectivity index (χ0v) is 9.40. The summed E-state index contributed by atoms with van der Waals surface area (Å²) in [7, 11) is 0. The molecule has 2 N–H and O–H groups in total. The summed E-state index contributed by atoms with van der Waals surface area (Å²) in [6.07, 6.45) is 0. The molecule has 0 radical (unpaired) electrons. The van der Waals surface area contributed by atoms with Crippen LogP contribution in [0, 0.1) is 5.82 Å². The molecule has 2 aromatic rings. The van der Waals surface area contributed by atoms with Crippen molar-refractivity contribution in [2.75, 3.05) is 5.73 Å². The van der Waals surface area contributed by atoms with Crippen LogP contribution in [-0.2, 0) is 18.0 Å². The van der Waals surface area contributed by atoms with Crippen LogP contribution in [0.1, 0.15) is 11.1 Å². The molecule has 0 atom stereocenters. The average molecular weight is 231 g/mol. The maximum atomic E-state index is 12.7. The van der Waals surface area contributed by atoms with Gasteiger partial charge in [0.2, 0.25) is 0 Å². The van der Waals surface area contributed by atoms with Gasteiger partial charge in [-0.1, -0.05) is 24.3 Å². The van der Waals surface area contributed by atoms with E-state index >= 15 is 0 Å². The van der Waals surface area contributed by atoms with Crippen LogP contribution in [0.3, 0.4) is 0 Å². The molecule has 17 heavy (non-hydrogen) atoms. The second-order valence-corrected chi connectivity index (χ2v) is 3.86. The molecule has 0 fully saturated rings. The second-order valence-electron chi connectivity index (χ2n) is 3.86. The van der Waals surface area contributed by atoms with E-state index in [0.717, 1.165) is 16.8 Å². The molecule has 2 rings (SSSR count). The van der Waals surface area contributed by atoms with Crippen molar-refractivity contribution in [3.63, 3.8) is 0 Å². The highest BCUT2D eigenvalue weighted by Crippen LogP contribution is 2.10. The van der Waals surface area contributed by atoms with Crippen LogP contribution < -0.4 is 5.73 Å². The van der Waals surface area contributed by atoms with Crippen LogP contribution in [0.25, 0.3) is 0 Å². The van der Waals surface area contributed by atoms with Crippen molar-refractivity contribution in [1.29, 1.82) is 0 Å². The second kappa shape index (κ2) is 5.46. The fourth-order valence-corrected chi connectivity index (χ4v) is 1.55. The summed E-state index contributed by atoms with van der Waals surface area (Å²) in [6, 6.07) is 13.9. The molecule has 0 bridgehead atoms. The summed E-state index contributed by atoms with van der Waals surface area (Å²) in [5, 5.41) is 0. The van der Waals surface area contributed by atoms with Gasteiger partial charge in [-0.05, 0) is 35.4 Å². The van der Waals surface area contributed by atoms with E-state index in [1.54, 1.807) is 12.1 Å². The fraction of sp³-hybridized carbons (Fsp3) is 0.143. The first-order valence-corrected chi connectivity index (χ1v) is 5.40. The number of halogens is 1. The van der Waals surface area contributed by atoms with Gasteiger partial charge in [-0.25, -0.2) is 4.39 Å². The van der Waals surface area contributed by atoms with E-state index in [-0.39, 0.29) is 5.82 Å². The maximum Gasteiger partial charge on any atom is 0.123 e. The highest BCUT2D eigenvalue weighted by atomic mass is 19.1. The lowest BCUT2D eigenvalue weighted by molar-refractivity contribution is 0.107. The standard InChI is InChI=1S/C14H14FNO/c15-13-6-4-11(5-7-13)9-17-10-12-2-1-3-14(16)8-12/h1-8H,9-10,16H2. The molecule has 0 saturated heterocycles. The molecule has 0 aliphatic heterocycles. The van der Waals surface area contributed by atoms with Crippen LogP contribution in [0.15, 0.2) is 48.5 Å². The van der Waals surface area contributed by atoms with E-state index in [1.165, 1.54) is 12.1 Å². The molecule has 3 heteroatoms. The molecule has 2 aromatic carbocycles. The van der Waals surface area contributed by atoms with Gasteiger partial charge in [0.1, 0.15) is 5.82 Å². The molecule has 88 valence electrons. The predicted octanol–water partition coefficient (Wildman–Crippen LogP) is 3.12. The molecule has 0 saturated carbocycles. The topological polar surface area (TPSA) is 35.2 Å². The Kier molecular flexibility index (Phi) is 3.73. The van der Waals surface area contributed by atoms with Crippen molar-refractivity contribution in [2.24, 2.45) is 0 Å². The number of nitrogen functional groups attached to an aromatic ring is 1. The first kappa shape index (κ1) is 11.6. The Morgan fingerprint density at radius 3 is 2.35 bits per heavy atom. The van der Waals surface area contributed by atoms with Gasteiger partial charge in [0, 0.05) is 5.69 Å². The fourth-order valence-electron chi connectivity index (χ4n) is 1.55. The zero-order valence-electron chi connectivity index (χ0n) is 9.40. The van der Waals surface area contributed by atoms with E-state index < -0.39 is 0 Å². The van der Waals surface area contributed by atoms with E-state index in [4.69, 9.17) is 10.5 Å². The van der Waals surface area contributed by atoms with Gasteiger partial charge in [0.25, 0.3) is 0 Å². The number of rotatable bonds is 4. The molecule has 0 heterocycles. The number of nitrogens with two attached hydrogens (primary N) is 1. The minimum Gasteiger partial charge on any atom is -0.399 e. The van der Waals surface area contributed by atoms with Crippen molar-refractivity contribution in [2.45, 2.75) is 13.2 Å². The third-order valence-corrected chi connectivity index (χ3v) is 2.40. The molecule has 0 spiro atoms. The van der Waals surface area contributed by atoms with Crippen LogP contribution in [0.2, 0.25) is 0 Å². The van der Waals surface area contributed by atoms with Crippen LogP contribution in [0.4, 0.5) is 10.1 Å². The highest BCUT2D eigenvalue weighted by molar-refractivity contribution is 5.40.